The molecule has 0 bridgehead atoms. The van der Waals surface area contributed by atoms with Gasteiger partial charge in [0.05, 0.1) is 6.42 Å². The number of aliphatic hydroxyl groups is 1. The lowest BCUT2D eigenvalue weighted by Crippen LogP contribution is -2.19. The third-order valence-electron chi connectivity index (χ3n) is 0.908. The van der Waals surface area contributed by atoms with Crippen LogP contribution in [0.4, 0.5) is 0 Å². The zero-order chi connectivity index (χ0) is 9.72. The van der Waals surface area contributed by atoms with Crippen LogP contribution in [-0.4, -0.2) is 39.2 Å². The van der Waals surface area contributed by atoms with E-state index in [2.05, 4.69) is 4.99 Å². The molecule has 0 aliphatic heterocycles. The number of hydrogen-bond acceptors (Lipinski definition) is 4. The first-order valence-corrected chi connectivity index (χ1v) is 3.13. The van der Waals surface area contributed by atoms with E-state index in [4.69, 9.17) is 15.3 Å². The maximum Gasteiger partial charge on any atom is 0.350 e. The summed E-state index contributed by atoms with van der Waals surface area (Å²) in [6, 6.07) is 0. The number of carboxylic acids is 2. The number of nitrogens with zero attached hydrogens (tertiary/aromatic N) is 1. The van der Waals surface area contributed by atoms with Crippen molar-refractivity contribution in [1.82, 2.24) is 0 Å². The summed E-state index contributed by atoms with van der Waals surface area (Å²) in [6.07, 6.45) is -1.89. The van der Waals surface area contributed by atoms with E-state index in [1.54, 1.807) is 0 Å². The van der Waals surface area contributed by atoms with E-state index in [0.29, 0.717) is 0 Å². The Hall–Kier alpha value is -1.43. The lowest BCUT2D eigenvalue weighted by molar-refractivity contribution is -0.137. The number of carbonyl (C=O) groups is 2. The highest BCUT2D eigenvalue weighted by Gasteiger charge is 2.14. The second-order valence-electron chi connectivity index (χ2n) is 2.08. The molecule has 0 saturated carbocycles. The molecular formula is C6H9NO5. The summed E-state index contributed by atoms with van der Waals surface area (Å²) in [7, 11) is 0. The molecule has 0 aromatic heterocycles. The van der Waals surface area contributed by atoms with Gasteiger partial charge in [-0.1, -0.05) is 0 Å². The van der Waals surface area contributed by atoms with E-state index >= 15 is 0 Å². The molecule has 6 nitrogen and oxygen atoms in total. The highest BCUT2D eigenvalue weighted by molar-refractivity contribution is 6.38. The van der Waals surface area contributed by atoms with Crippen molar-refractivity contribution in [1.29, 1.82) is 0 Å². The first-order valence-electron chi connectivity index (χ1n) is 3.13. The van der Waals surface area contributed by atoms with Crippen molar-refractivity contribution < 1.29 is 24.9 Å². The number of rotatable bonds is 4. The average Bonchev–Trinajstić information content (AvgIpc) is 1.83. The molecule has 1 atom stereocenters. The van der Waals surface area contributed by atoms with Crippen LogP contribution in [0.1, 0.15) is 13.3 Å². The van der Waals surface area contributed by atoms with Crippen molar-refractivity contribution in [3.05, 3.63) is 0 Å². The molecular weight excluding hydrogens is 166 g/mol. The number of aliphatic hydroxyl groups excluding tert-OH is 1. The van der Waals surface area contributed by atoms with E-state index in [1.807, 2.05) is 0 Å². The van der Waals surface area contributed by atoms with E-state index in [-0.39, 0.29) is 0 Å². The lowest BCUT2D eigenvalue weighted by atomic mass is 10.3. The SMILES string of the molecule is CC(O)N=C(CC(=O)O)C(=O)O. The fourth-order valence-corrected chi connectivity index (χ4v) is 0.545. The summed E-state index contributed by atoms with van der Waals surface area (Å²) in [5.74, 6) is -2.73. The van der Waals surface area contributed by atoms with Crippen molar-refractivity contribution in [2.45, 2.75) is 19.6 Å². The highest BCUT2D eigenvalue weighted by atomic mass is 16.4. The average molecular weight is 175 g/mol. The molecule has 0 radical (unpaired) electrons. The van der Waals surface area contributed by atoms with Crippen LogP contribution in [0.5, 0.6) is 0 Å². The molecule has 0 rings (SSSR count). The van der Waals surface area contributed by atoms with Crippen molar-refractivity contribution in [3.8, 4) is 0 Å². The molecule has 68 valence electrons. The van der Waals surface area contributed by atoms with Gasteiger partial charge in [-0.05, 0) is 6.92 Å². The molecule has 3 N–H and O–H groups in total. The fourth-order valence-electron chi connectivity index (χ4n) is 0.545. The molecule has 6 heteroatoms. The second-order valence-corrected chi connectivity index (χ2v) is 2.08. The Labute approximate surface area is 68.2 Å². The summed E-state index contributed by atoms with van der Waals surface area (Å²) in [5.41, 5.74) is -0.558. The van der Waals surface area contributed by atoms with Crippen molar-refractivity contribution >= 4 is 17.7 Å². The summed E-state index contributed by atoms with van der Waals surface area (Å²) in [5, 5.41) is 25.2. The van der Waals surface area contributed by atoms with E-state index in [1.165, 1.54) is 6.92 Å². The largest absolute Gasteiger partial charge is 0.481 e. The van der Waals surface area contributed by atoms with Crippen LogP contribution in [0, 0.1) is 0 Å². The minimum atomic E-state index is -1.43. The fraction of sp³-hybridized carbons (Fsp3) is 0.500. The molecule has 0 saturated heterocycles. The zero-order valence-corrected chi connectivity index (χ0v) is 6.39. The summed E-state index contributed by atoms with van der Waals surface area (Å²) in [6.45, 7) is 1.24. The predicted octanol–water partition coefficient (Wildman–Crippen LogP) is -0.675. The first kappa shape index (κ1) is 10.6. The smallest absolute Gasteiger partial charge is 0.350 e. The number of carboxylic acid groups (broad SMARTS) is 2. The Bertz CT molecular complexity index is 220. The van der Waals surface area contributed by atoms with E-state index < -0.39 is 30.3 Å². The van der Waals surface area contributed by atoms with Crippen LogP contribution in [0.15, 0.2) is 4.99 Å². The van der Waals surface area contributed by atoms with Crippen LogP contribution in [0.2, 0.25) is 0 Å². The normalized spacial score (nSPS) is 14.0. The quantitative estimate of drug-likeness (QED) is 0.491. The molecule has 0 spiro atoms. The van der Waals surface area contributed by atoms with Crippen LogP contribution >= 0.6 is 0 Å². The van der Waals surface area contributed by atoms with Crippen molar-refractivity contribution in [2.24, 2.45) is 4.99 Å². The summed E-state index contributed by atoms with van der Waals surface area (Å²) in [4.78, 5) is 23.5. The van der Waals surface area contributed by atoms with Crippen LogP contribution < -0.4 is 0 Å². The van der Waals surface area contributed by atoms with Crippen LogP contribution in [0.3, 0.4) is 0 Å². The maximum absolute atomic E-state index is 10.3. The predicted molar refractivity (Wildman–Crippen MR) is 39.0 cm³/mol. The highest BCUT2D eigenvalue weighted by Crippen LogP contribution is 1.92. The van der Waals surface area contributed by atoms with Gasteiger partial charge in [-0.2, -0.15) is 0 Å². The Morgan fingerprint density at radius 1 is 1.42 bits per heavy atom. The molecule has 12 heavy (non-hydrogen) atoms. The summed E-state index contributed by atoms with van der Waals surface area (Å²) < 4.78 is 0. The number of hydrogen-bond donors (Lipinski definition) is 3. The van der Waals surface area contributed by atoms with Gasteiger partial charge in [0.2, 0.25) is 0 Å². The monoisotopic (exact) mass is 175 g/mol. The Morgan fingerprint density at radius 3 is 2.17 bits per heavy atom. The maximum atomic E-state index is 10.3. The van der Waals surface area contributed by atoms with Crippen molar-refractivity contribution in [2.75, 3.05) is 0 Å². The molecule has 0 amide bonds. The Kier molecular flexibility index (Phi) is 3.92. The third-order valence-corrected chi connectivity index (χ3v) is 0.908. The van der Waals surface area contributed by atoms with Gasteiger partial charge in [-0.3, -0.25) is 9.79 Å². The van der Waals surface area contributed by atoms with Gasteiger partial charge in [0.15, 0.2) is 0 Å². The lowest BCUT2D eigenvalue weighted by Gasteiger charge is -1.99. The van der Waals surface area contributed by atoms with E-state index in [0.717, 1.165) is 0 Å². The topological polar surface area (TPSA) is 107 Å². The van der Waals surface area contributed by atoms with Crippen molar-refractivity contribution in [3.63, 3.8) is 0 Å². The molecule has 1 unspecified atom stereocenters. The molecule has 0 fully saturated rings. The van der Waals surface area contributed by atoms with Gasteiger partial charge in [0.1, 0.15) is 11.9 Å². The number of aliphatic carboxylic acids is 2. The standard InChI is InChI=1S/C6H9NO5/c1-3(8)7-4(6(11)12)2-5(9)10/h3,8H,2H2,1H3,(H,9,10)(H,11,12). The van der Waals surface area contributed by atoms with Gasteiger partial charge < -0.3 is 15.3 Å². The van der Waals surface area contributed by atoms with Gasteiger partial charge >= 0.3 is 11.9 Å². The molecule has 0 aliphatic carbocycles. The van der Waals surface area contributed by atoms with E-state index in [9.17, 15) is 9.59 Å². The van der Waals surface area contributed by atoms with Gasteiger partial charge in [-0.15, -0.1) is 0 Å². The number of aliphatic imine (C=N–C) groups is 1. The summed E-state index contributed by atoms with van der Waals surface area (Å²) >= 11 is 0. The molecule has 0 aromatic carbocycles. The van der Waals surface area contributed by atoms with Crippen LogP contribution in [-0.2, 0) is 9.59 Å². The minimum Gasteiger partial charge on any atom is -0.481 e. The Morgan fingerprint density at radius 2 is 1.92 bits per heavy atom. The molecule has 0 aliphatic rings. The van der Waals surface area contributed by atoms with Gasteiger partial charge in [-0.25, -0.2) is 4.79 Å². The second kappa shape index (κ2) is 4.45. The third kappa shape index (κ3) is 4.40. The zero-order valence-electron chi connectivity index (χ0n) is 6.39. The van der Waals surface area contributed by atoms with Gasteiger partial charge in [0.25, 0.3) is 0 Å². The van der Waals surface area contributed by atoms with Crippen LogP contribution in [0.25, 0.3) is 0 Å². The Balaban J connectivity index is 4.44. The first-order chi connectivity index (χ1) is 5.43. The van der Waals surface area contributed by atoms with Gasteiger partial charge in [0, 0.05) is 0 Å². The molecule has 0 aromatic rings. The molecule has 0 heterocycles. The minimum absolute atomic E-state index is 0.558.